The molecule has 1 saturated heterocycles. The number of hydrogen-bond acceptors (Lipinski definition) is 2. The molecule has 2 rings (SSSR count). The Bertz CT molecular complexity index is 237. The second kappa shape index (κ2) is 4.54. The molecule has 2 atom stereocenters. The van der Waals surface area contributed by atoms with E-state index in [0.29, 0.717) is 12.3 Å². The van der Waals surface area contributed by atoms with Crippen molar-refractivity contribution < 1.29 is 9.53 Å². The maximum absolute atomic E-state index is 11.3. The third-order valence-electron chi connectivity index (χ3n) is 4.12. The molecule has 1 aliphatic carbocycles. The summed E-state index contributed by atoms with van der Waals surface area (Å²) in [5.74, 6) is 0.702. The molecule has 0 aromatic heterocycles. The number of esters is 1. The van der Waals surface area contributed by atoms with Crippen LogP contribution in [0.4, 0.5) is 0 Å². The van der Waals surface area contributed by atoms with Crippen LogP contribution in [0, 0.1) is 5.92 Å². The lowest BCUT2D eigenvalue weighted by atomic mass is 9.84. The number of rotatable bonds is 4. The minimum Gasteiger partial charge on any atom is -0.459 e. The quantitative estimate of drug-likeness (QED) is 0.525. The van der Waals surface area contributed by atoms with Gasteiger partial charge in [-0.1, -0.05) is 26.2 Å². The fourth-order valence-corrected chi connectivity index (χ4v) is 3.27. The molecule has 0 aromatic carbocycles. The topological polar surface area (TPSA) is 26.3 Å². The summed E-state index contributed by atoms with van der Waals surface area (Å²) in [6.45, 7) is 2.24. The minimum atomic E-state index is -0.0230. The Hall–Kier alpha value is -0.530. The van der Waals surface area contributed by atoms with Crippen LogP contribution in [0.3, 0.4) is 0 Å². The summed E-state index contributed by atoms with van der Waals surface area (Å²) >= 11 is 0. The molecule has 2 heteroatoms. The highest BCUT2D eigenvalue weighted by molar-refractivity contribution is 5.72. The van der Waals surface area contributed by atoms with E-state index >= 15 is 0 Å². The van der Waals surface area contributed by atoms with E-state index in [4.69, 9.17) is 4.74 Å². The van der Waals surface area contributed by atoms with Crippen LogP contribution in [0.25, 0.3) is 0 Å². The first-order valence-corrected chi connectivity index (χ1v) is 6.49. The van der Waals surface area contributed by atoms with Gasteiger partial charge in [-0.05, 0) is 38.0 Å². The van der Waals surface area contributed by atoms with Gasteiger partial charge in [-0.3, -0.25) is 4.79 Å². The van der Waals surface area contributed by atoms with Crippen LogP contribution in [0.2, 0.25) is 0 Å². The van der Waals surface area contributed by atoms with Gasteiger partial charge in [-0.2, -0.15) is 0 Å². The Morgan fingerprint density at radius 2 is 2.27 bits per heavy atom. The van der Waals surface area contributed by atoms with Gasteiger partial charge in [0.25, 0.3) is 0 Å². The zero-order chi connectivity index (χ0) is 10.7. The molecule has 1 spiro atoms. The zero-order valence-corrected chi connectivity index (χ0v) is 9.76. The fourth-order valence-electron chi connectivity index (χ4n) is 3.27. The standard InChI is InChI=1S/C13H22O2/c1-2-3-4-6-11-7-5-9-13(11)10-8-12(14)15-13/h11H,2-10H2,1H3/t11-,13-/m0/s1. The van der Waals surface area contributed by atoms with Crippen molar-refractivity contribution in [1.82, 2.24) is 0 Å². The van der Waals surface area contributed by atoms with Gasteiger partial charge in [0.05, 0.1) is 0 Å². The molecule has 0 radical (unpaired) electrons. The van der Waals surface area contributed by atoms with Gasteiger partial charge in [0, 0.05) is 6.42 Å². The highest BCUT2D eigenvalue weighted by atomic mass is 16.6. The van der Waals surface area contributed by atoms with E-state index in [1.165, 1.54) is 38.5 Å². The molecule has 0 amide bonds. The van der Waals surface area contributed by atoms with Crippen molar-refractivity contribution >= 4 is 5.97 Å². The van der Waals surface area contributed by atoms with Crippen molar-refractivity contribution in [1.29, 1.82) is 0 Å². The fraction of sp³-hybridized carbons (Fsp3) is 0.923. The van der Waals surface area contributed by atoms with Gasteiger partial charge in [0.1, 0.15) is 5.60 Å². The van der Waals surface area contributed by atoms with Crippen molar-refractivity contribution in [2.75, 3.05) is 0 Å². The molecule has 15 heavy (non-hydrogen) atoms. The maximum atomic E-state index is 11.3. The molecule has 1 heterocycles. The Kier molecular flexibility index (Phi) is 3.32. The average molecular weight is 210 g/mol. The molecule has 0 aromatic rings. The van der Waals surface area contributed by atoms with Crippen LogP contribution in [-0.4, -0.2) is 11.6 Å². The average Bonchev–Trinajstić information content (AvgIpc) is 2.77. The van der Waals surface area contributed by atoms with Gasteiger partial charge in [-0.15, -0.1) is 0 Å². The largest absolute Gasteiger partial charge is 0.459 e. The Labute approximate surface area is 92.4 Å². The predicted molar refractivity (Wildman–Crippen MR) is 59.5 cm³/mol. The van der Waals surface area contributed by atoms with E-state index in [-0.39, 0.29) is 11.6 Å². The first kappa shape index (κ1) is 11.0. The van der Waals surface area contributed by atoms with Crippen molar-refractivity contribution in [3.05, 3.63) is 0 Å². The highest BCUT2D eigenvalue weighted by Gasteiger charge is 2.49. The lowest BCUT2D eigenvalue weighted by Crippen LogP contribution is -2.32. The molecule has 1 saturated carbocycles. The summed E-state index contributed by atoms with van der Waals surface area (Å²) in [5, 5.41) is 0. The third-order valence-corrected chi connectivity index (χ3v) is 4.12. The van der Waals surface area contributed by atoms with Crippen molar-refractivity contribution in [3.63, 3.8) is 0 Å². The number of carbonyl (C=O) groups excluding carboxylic acids is 1. The summed E-state index contributed by atoms with van der Waals surface area (Å²) in [7, 11) is 0. The Morgan fingerprint density at radius 3 is 2.93 bits per heavy atom. The molecule has 2 aliphatic rings. The maximum Gasteiger partial charge on any atom is 0.306 e. The molecule has 2 nitrogen and oxygen atoms in total. The van der Waals surface area contributed by atoms with Gasteiger partial charge in [0.15, 0.2) is 0 Å². The van der Waals surface area contributed by atoms with E-state index in [1.807, 2.05) is 0 Å². The molecule has 86 valence electrons. The van der Waals surface area contributed by atoms with E-state index in [1.54, 1.807) is 0 Å². The Morgan fingerprint density at radius 1 is 1.40 bits per heavy atom. The van der Waals surface area contributed by atoms with Crippen molar-refractivity contribution in [2.24, 2.45) is 5.92 Å². The summed E-state index contributed by atoms with van der Waals surface area (Å²) in [5.41, 5.74) is -0.0230. The van der Waals surface area contributed by atoms with Crippen LogP contribution in [0.15, 0.2) is 0 Å². The van der Waals surface area contributed by atoms with Crippen molar-refractivity contribution in [2.45, 2.75) is 70.3 Å². The SMILES string of the molecule is CCCCC[C@H]1CCC[C@]12CCC(=O)O2. The molecular weight excluding hydrogens is 188 g/mol. The Balaban J connectivity index is 1.90. The number of unbranched alkanes of at least 4 members (excludes halogenated alkanes) is 2. The number of ether oxygens (including phenoxy) is 1. The van der Waals surface area contributed by atoms with Crippen LogP contribution in [0.5, 0.6) is 0 Å². The van der Waals surface area contributed by atoms with E-state index in [2.05, 4.69) is 6.92 Å². The molecule has 0 unspecified atom stereocenters. The van der Waals surface area contributed by atoms with Crippen LogP contribution in [-0.2, 0) is 9.53 Å². The van der Waals surface area contributed by atoms with Gasteiger partial charge in [0.2, 0.25) is 0 Å². The highest BCUT2D eigenvalue weighted by Crippen LogP contribution is 2.47. The second-order valence-electron chi connectivity index (χ2n) is 5.12. The summed E-state index contributed by atoms with van der Waals surface area (Å²) in [6, 6.07) is 0. The first-order chi connectivity index (χ1) is 7.27. The van der Waals surface area contributed by atoms with Crippen LogP contribution in [0.1, 0.15) is 64.7 Å². The number of hydrogen-bond donors (Lipinski definition) is 0. The first-order valence-electron chi connectivity index (χ1n) is 6.49. The second-order valence-corrected chi connectivity index (χ2v) is 5.12. The lowest BCUT2D eigenvalue weighted by molar-refractivity contribution is -0.151. The molecule has 2 fully saturated rings. The van der Waals surface area contributed by atoms with E-state index < -0.39 is 0 Å². The lowest BCUT2D eigenvalue weighted by Gasteiger charge is -2.29. The normalized spacial score (nSPS) is 35.0. The van der Waals surface area contributed by atoms with E-state index in [9.17, 15) is 4.79 Å². The van der Waals surface area contributed by atoms with Crippen LogP contribution < -0.4 is 0 Å². The molecular formula is C13H22O2. The van der Waals surface area contributed by atoms with Gasteiger partial charge < -0.3 is 4.74 Å². The summed E-state index contributed by atoms with van der Waals surface area (Å²) in [4.78, 5) is 11.3. The third kappa shape index (κ3) is 2.19. The summed E-state index contributed by atoms with van der Waals surface area (Å²) in [6.07, 6.45) is 10.5. The van der Waals surface area contributed by atoms with E-state index in [0.717, 1.165) is 12.8 Å². The molecule has 0 N–H and O–H groups in total. The van der Waals surface area contributed by atoms with Crippen molar-refractivity contribution in [3.8, 4) is 0 Å². The molecule has 0 bridgehead atoms. The number of carbonyl (C=O) groups is 1. The smallest absolute Gasteiger partial charge is 0.306 e. The monoisotopic (exact) mass is 210 g/mol. The zero-order valence-electron chi connectivity index (χ0n) is 9.76. The van der Waals surface area contributed by atoms with Gasteiger partial charge >= 0.3 is 5.97 Å². The summed E-state index contributed by atoms with van der Waals surface area (Å²) < 4.78 is 5.61. The molecule has 1 aliphatic heterocycles. The van der Waals surface area contributed by atoms with Crippen LogP contribution >= 0.6 is 0 Å². The minimum absolute atomic E-state index is 0.0230. The van der Waals surface area contributed by atoms with Gasteiger partial charge in [-0.25, -0.2) is 0 Å². The predicted octanol–water partition coefficient (Wildman–Crippen LogP) is 3.44.